The molecule has 0 saturated carbocycles. The third kappa shape index (κ3) is 2.58. The molecule has 0 aliphatic carbocycles. The predicted molar refractivity (Wildman–Crippen MR) is 80.4 cm³/mol. The fraction of sp³-hybridized carbons (Fsp3) is 0.250. The van der Waals surface area contributed by atoms with Crippen LogP contribution in [-0.4, -0.2) is 6.61 Å². The third-order valence-corrected chi connectivity index (χ3v) is 4.08. The Kier molecular flexibility index (Phi) is 3.76. The first-order valence-corrected chi connectivity index (χ1v) is 7.40. The molecular weight excluding hydrogens is 321 g/mol. The van der Waals surface area contributed by atoms with Crippen LogP contribution in [0.3, 0.4) is 0 Å². The Labute approximate surface area is 125 Å². The first-order chi connectivity index (χ1) is 9.65. The third-order valence-electron chi connectivity index (χ3n) is 3.59. The molecule has 2 N–H and O–H groups in total. The second-order valence-electron chi connectivity index (χ2n) is 4.96. The minimum absolute atomic E-state index is 0.291. The van der Waals surface area contributed by atoms with Gasteiger partial charge in [0.15, 0.2) is 0 Å². The fourth-order valence-electron chi connectivity index (χ4n) is 2.51. The van der Waals surface area contributed by atoms with Crippen LogP contribution >= 0.6 is 15.9 Å². The molecule has 1 aliphatic rings. The molecule has 0 fully saturated rings. The minimum Gasteiger partial charge on any atom is -0.493 e. The number of fused-ring (bicyclic) bond motifs is 1. The zero-order valence-electron chi connectivity index (χ0n) is 10.9. The van der Waals surface area contributed by atoms with E-state index < -0.39 is 6.04 Å². The van der Waals surface area contributed by atoms with E-state index in [1.807, 2.05) is 18.2 Å². The van der Waals surface area contributed by atoms with Gasteiger partial charge in [0.25, 0.3) is 0 Å². The summed E-state index contributed by atoms with van der Waals surface area (Å²) in [6, 6.07) is 10.4. The van der Waals surface area contributed by atoms with Gasteiger partial charge in [0.05, 0.1) is 12.6 Å². The number of hydrogen-bond donors (Lipinski definition) is 1. The number of ether oxygens (including phenoxy) is 1. The molecule has 3 rings (SSSR count). The number of nitrogens with two attached hydrogens (primary N) is 1. The first-order valence-electron chi connectivity index (χ1n) is 6.61. The van der Waals surface area contributed by atoms with Crippen molar-refractivity contribution in [2.75, 3.05) is 6.61 Å². The maximum absolute atomic E-state index is 14.0. The summed E-state index contributed by atoms with van der Waals surface area (Å²) in [6.07, 6.45) is 2.00. The zero-order valence-corrected chi connectivity index (χ0v) is 12.5. The van der Waals surface area contributed by atoms with Crippen LogP contribution in [-0.2, 0) is 6.42 Å². The summed E-state index contributed by atoms with van der Waals surface area (Å²) >= 11 is 3.25. The summed E-state index contributed by atoms with van der Waals surface area (Å²) in [4.78, 5) is 0. The standard InChI is InChI=1S/C16H15BrFNO/c17-12-4-5-13(14(18)9-12)16(19)11-3-6-15-10(8-11)2-1-7-20-15/h3-6,8-9,16H,1-2,7,19H2. The zero-order chi connectivity index (χ0) is 14.1. The van der Waals surface area contributed by atoms with Gasteiger partial charge in [0.2, 0.25) is 0 Å². The lowest BCUT2D eigenvalue weighted by atomic mass is 9.95. The normalized spacial score (nSPS) is 15.3. The molecule has 2 nitrogen and oxygen atoms in total. The number of rotatable bonds is 2. The summed E-state index contributed by atoms with van der Waals surface area (Å²) in [5.41, 5.74) is 8.78. The van der Waals surface area contributed by atoms with Crippen molar-refractivity contribution >= 4 is 15.9 Å². The molecule has 0 bridgehead atoms. The summed E-state index contributed by atoms with van der Waals surface area (Å²) in [6.45, 7) is 0.764. The minimum atomic E-state index is -0.463. The molecule has 0 aromatic heterocycles. The molecule has 104 valence electrons. The largest absolute Gasteiger partial charge is 0.493 e. The molecular formula is C16H15BrFNO. The van der Waals surface area contributed by atoms with Gasteiger partial charge < -0.3 is 10.5 Å². The molecule has 1 unspecified atom stereocenters. The highest BCUT2D eigenvalue weighted by molar-refractivity contribution is 9.10. The molecule has 1 aliphatic heterocycles. The summed E-state index contributed by atoms with van der Waals surface area (Å²) in [7, 11) is 0. The molecule has 0 spiro atoms. The van der Waals surface area contributed by atoms with E-state index in [2.05, 4.69) is 15.9 Å². The summed E-state index contributed by atoms with van der Waals surface area (Å²) in [5.74, 6) is 0.629. The Hall–Kier alpha value is -1.39. The Bertz CT molecular complexity index is 644. The van der Waals surface area contributed by atoms with E-state index in [4.69, 9.17) is 10.5 Å². The summed E-state index contributed by atoms with van der Waals surface area (Å²) in [5, 5.41) is 0. The van der Waals surface area contributed by atoms with E-state index >= 15 is 0 Å². The number of halogens is 2. The van der Waals surface area contributed by atoms with Crippen LogP contribution in [0.25, 0.3) is 0 Å². The smallest absolute Gasteiger partial charge is 0.129 e. The van der Waals surface area contributed by atoms with Crippen molar-refractivity contribution in [1.82, 2.24) is 0 Å². The first kappa shape index (κ1) is 13.6. The maximum Gasteiger partial charge on any atom is 0.129 e. The second kappa shape index (κ2) is 5.54. The monoisotopic (exact) mass is 335 g/mol. The maximum atomic E-state index is 14.0. The molecule has 2 aromatic rings. The van der Waals surface area contributed by atoms with Crippen LogP contribution in [0.2, 0.25) is 0 Å². The lowest BCUT2D eigenvalue weighted by molar-refractivity contribution is 0.288. The quantitative estimate of drug-likeness (QED) is 0.901. The molecule has 20 heavy (non-hydrogen) atoms. The van der Waals surface area contributed by atoms with E-state index in [1.54, 1.807) is 12.1 Å². The number of benzene rings is 2. The van der Waals surface area contributed by atoms with Crippen molar-refractivity contribution in [3.8, 4) is 5.75 Å². The summed E-state index contributed by atoms with van der Waals surface area (Å²) < 4.78 is 20.3. The molecule has 0 amide bonds. The highest BCUT2D eigenvalue weighted by atomic mass is 79.9. The molecule has 0 saturated heterocycles. The van der Waals surface area contributed by atoms with E-state index in [0.29, 0.717) is 10.0 Å². The van der Waals surface area contributed by atoms with Crippen LogP contribution in [0.5, 0.6) is 5.75 Å². The van der Waals surface area contributed by atoms with Gasteiger partial charge in [-0.05, 0) is 42.2 Å². The van der Waals surface area contributed by atoms with Crippen molar-refractivity contribution in [3.05, 3.63) is 63.4 Å². The van der Waals surface area contributed by atoms with Crippen molar-refractivity contribution in [2.24, 2.45) is 5.73 Å². The fourth-order valence-corrected chi connectivity index (χ4v) is 2.84. The van der Waals surface area contributed by atoms with Gasteiger partial charge in [0, 0.05) is 10.0 Å². The second-order valence-corrected chi connectivity index (χ2v) is 5.88. The van der Waals surface area contributed by atoms with Crippen molar-refractivity contribution in [3.63, 3.8) is 0 Å². The Morgan fingerprint density at radius 1 is 1.20 bits per heavy atom. The van der Waals surface area contributed by atoms with E-state index in [-0.39, 0.29) is 5.82 Å². The van der Waals surface area contributed by atoms with Crippen LogP contribution in [0.1, 0.15) is 29.2 Å². The van der Waals surface area contributed by atoms with Crippen LogP contribution < -0.4 is 10.5 Å². The van der Waals surface area contributed by atoms with Gasteiger partial charge in [-0.1, -0.05) is 34.1 Å². The number of hydrogen-bond acceptors (Lipinski definition) is 2. The van der Waals surface area contributed by atoms with Crippen LogP contribution in [0.15, 0.2) is 40.9 Å². The van der Waals surface area contributed by atoms with Crippen LogP contribution in [0, 0.1) is 5.82 Å². The molecule has 4 heteroatoms. The molecule has 2 aromatic carbocycles. The average molecular weight is 336 g/mol. The lowest BCUT2D eigenvalue weighted by Gasteiger charge is -2.20. The Balaban J connectivity index is 1.95. The van der Waals surface area contributed by atoms with Gasteiger partial charge in [-0.15, -0.1) is 0 Å². The van der Waals surface area contributed by atoms with Crippen molar-refractivity contribution in [1.29, 1.82) is 0 Å². The Morgan fingerprint density at radius 3 is 2.85 bits per heavy atom. The SMILES string of the molecule is NC(c1ccc2c(c1)CCCO2)c1ccc(Br)cc1F. The van der Waals surface area contributed by atoms with Gasteiger partial charge in [-0.25, -0.2) is 4.39 Å². The highest BCUT2D eigenvalue weighted by Crippen LogP contribution is 2.30. The average Bonchev–Trinajstić information content (AvgIpc) is 2.46. The van der Waals surface area contributed by atoms with Crippen molar-refractivity contribution < 1.29 is 9.13 Å². The molecule has 1 heterocycles. The topological polar surface area (TPSA) is 35.2 Å². The van der Waals surface area contributed by atoms with Gasteiger partial charge in [0.1, 0.15) is 11.6 Å². The van der Waals surface area contributed by atoms with Gasteiger partial charge >= 0.3 is 0 Å². The Morgan fingerprint density at radius 2 is 2.05 bits per heavy atom. The van der Waals surface area contributed by atoms with Gasteiger partial charge in [-0.2, -0.15) is 0 Å². The highest BCUT2D eigenvalue weighted by Gasteiger charge is 2.17. The van der Waals surface area contributed by atoms with E-state index in [0.717, 1.165) is 36.3 Å². The van der Waals surface area contributed by atoms with Crippen LogP contribution in [0.4, 0.5) is 4.39 Å². The van der Waals surface area contributed by atoms with Gasteiger partial charge in [-0.3, -0.25) is 0 Å². The van der Waals surface area contributed by atoms with E-state index in [1.165, 1.54) is 6.07 Å². The van der Waals surface area contributed by atoms with Crippen molar-refractivity contribution in [2.45, 2.75) is 18.9 Å². The van der Waals surface area contributed by atoms with E-state index in [9.17, 15) is 4.39 Å². The molecule has 1 atom stereocenters. The predicted octanol–water partition coefficient (Wildman–Crippen LogP) is 3.96. The number of aryl methyl sites for hydroxylation is 1. The molecule has 0 radical (unpaired) electrons. The lowest BCUT2D eigenvalue weighted by Crippen LogP contribution is -2.15.